The molecule has 0 spiro atoms. The number of nitrogens with zero attached hydrogens (tertiary/aromatic N) is 1. The van der Waals surface area contributed by atoms with E-state index in [-0.39, 0.29) is 24.1 Å². The fourth-order valence-corrected chi connectivity index (χ4v) is 2.76. The van der Waals surface area contributed by atoms with Gasteiger partial charge in [0.1, 0.15) is 6.61 Å². The fraction of sp³-hybridized carbons (Fsp3) is 0.211. The molecule has 0 unspecified atom stereocenters. The molecule has 0 amide bonds. The molecule has 2 aromatic carbocycles. The Morgan fingerprint density at radius 2 is 1.69 bits per heavy atom. The van der Waals surface area contributed by atoms with Crippen LogP contribution in [0.1, 0.15) is 10.4 Å². The third kappa shape index (κ3) is 3.51. The Hall–Kier alpha value is -2.96. The average molecular weight is 363 g/mol. The van der Waals surface area contributed by atoms with Gasteiger partial charge in [0, 0.05) is 17.1 Å². The molecule has 26 heavy (non-hydrogen) atoms. The Morgan fingerprint density at radius 3 is 2.38 bits per heavy atom. The number of fused-ring (bicyclic) bond motifs is 1. The Bertz CT molecular complexity index is 931. The minimum absolute atomic E-state index is 0.207. The number of carbonyl (C=O) groups excluding carboxylic acids is 1. The number of Topliss-reactive ketones (excluding diaryl/α,β-unsaturated/α-hetero) is 1. The van der Waals surface area contributed by atoms with Crippen LogP contribution < -0.4 is 9.47 Å². The zero-order valence-electron chi connectivity index (χ0n) is 13.9. The number of rotatable bonds is 6. The van der Waals surface area contributed by atoms with Crippen molar-refractivity contribution in [1.29, 1.82) is 0 Å². The van der Waals surface area contributed by atoms with E-state index in [9.17, 15) is 18.0 Å². The fourth-order valence-electron chi connectivity index (χ4n) is 2.76. The van der Waals surface area contributed by atoms with E-state index in [1.165, 1.54) is 19.4 Å². The number of methoxy groups -OCH3 is 1. The van der Waals surface area contributed by atoms with Crippen molar-refractivity contribution >= 4 is 16.7 Å². The van der Waals surface area contributed by atoms with Crippen molar-refractivity contribution in [2.45, 2.75) is 12.7 Å². The Balaban J connectivity index is 1.83. The molecule has 0 saturated carbocycles. The highest BCUT2D eigenvalue weighted by atomic mass is 19.4. The first kappa shape index (κ1) is 17.8. The number of hydrogen-bond donors (Lipinski definition) is 0. The minimum atomic E-state index is -4.91. The van der Waals surface area contributed by atoms with Crippen molar-refractivity contribution in [1.82, 2.24) is 4.57 Å². The summed E-state index contributed by atoms with van der Waals surface area (Å²) in [7, 11) is 1.52. The predicted octanol–water partition coefficient (Wildman–Crippen LogP) is 4.47. The first-order valence-electron chi connectivity index (χ1n) is 7.87. The highest BCUT2D eigenvalue weighted by molar-refractivity contribution is 6.10. The zero-order valence-corrected chi connectivity index (χ0v) is 13.9. The van der Waals surface area contributed by atoms with E-state index in [2.05, 4.69) is 0 Å². The van der Waals surface area contributed by atoms with Crippen LogP contribution in [-0.2, 0) is 6.54 Å². The van der Waals surface area contributed by atoms with Crippen LogP contribution in [-0.4, -0.2) is 30.2 Å². The lowest BCUT2D eigenvalue weighted by Gasteiger charge is -2.11. The second-order valence-corrected chi connectivity index (χ2v) is 5.58. The first-order valence-corrected chi connectivity index (χ1v) is 7.87. The number of alkyl halides is 3. The highest BCUT2D eigenvalue weighted by Crippen LogP contribution is 2.29. The van der Waals surface area contributed by atoms with Gasteiger partial charge in [-0.05, 0) is 18.2 Å². The predicted molar refractivity (Wildman–Crippen MR) is 90.8 cm³/mol. The minimum Gasteiger partial charge on any atom is -0.493 e. The maximum atomic E-state index is 12.8. The van der Waals surface area contributed by atoms with E-state index in [1.807, 2.05) is 0 Å². The summed E-state index contributed by atoms with van der Waals surface area (Å²) >= 11 is 0. The summed E-state index contributed by atoms with van der Waals surface area (Å²) in [5.41, 5.74) is 0.189. The van der Waals surface area contributed by atoms with Crippen LogP contribution in [0.15, 0.2) is 54.7 Å². The first-order chi connectivity index (χ1) is 12.4. The molecule has 0 aliphatic rings. The van der Waals surface area contributed by atoms with E-state index in [0.717, 1.165) is 0 Å². The van der Waals surface area contributed by atoms with Crippen molar-refractivity contribution < 1.29 is 27.4 Å². The number of benzene rings is 2. The average Bonchev–Trinajstić information content (AvgIpc) is 2.99. The molecule has 3 aromatic rings. The Labute approximate surface area is 147 Å². The van der Waals surface area contributed by atoms with Gasteiger partial charge in [-0.3, -0.25) is 4.79 Å². The van der Waals surface area contributed by atoms with Crippen LogP contribution in [0.25, 0.3) is 10.9 Å². The molecule has 7 heteroatoms. The molecule has 136 valence electrons. The summed E-state index contributed by atoms with van der Waals surface area (Å²) in [6.07, 6.45) is -3.69. The maximum Gasteiger partial charge on any atom is 0.454 e. The number of halogens is 3. The smallest absolute Gasteiger partial charge is 0.454 e. The summed E-state index contributed by atoms with van der Waals surface area (Å²) in [5.74, 6) is -0.742. The number of ketones is 1. The van der Waals surface area contributed by atoms with E-state index in [4.69, 9.17) is 9.47 Å². The summed E-state index contributed by atoms with van der Waals surface area (Å²) in [6.45, 7) is 0.488. The number of carbonyl (C=O) groups is 1. The number of ether oxygens (including phenoxy) is 2. The summed E-state index contributed by atoms with van der Waals surface area (Å²) < 4.78 is 50.9. The van der Waals surface area contributed by atoms with Crippen molar-refractivity contribution in [3.8, 4) is 11.5 Å². The number of aromatic nitrogens is 1. The topological polar surface area (TPSA) is 40.5 Å². The molecule has 0 bridgehead atoms. The standard InChI is InChI=1S/C19H16F3NO3/c1-25-16-8-4-5-9-17(16)26-11-10-23-12-14(18(24)19(20,21)22)13-6-2-3-7-15(13)23/h2-9,12H,10-11H2,1H3. The molecule has 0 aliphatic carbocycles. The molecule has 1 aromatic heterocycles. The molecule has 1 heterocycles. The SMILES string of the molecule is COc1ccccc1OCCn1cc(C(=O)C(F)(F)F)c2ccccc21. The van der Waals surface area contributed by atoms with E-state index in [1.54, 1.807) is 47.0 Å². The number of para-hydroxylation sites is 3. The van der Waals surface area contributed by atoms with Gasteiger partial charge < -0.3 is 14.0 Å². The Morgan fingerprint density at radius 1 is 1.04 bits per heavy atom. The van der Waals surface area contributed by atoms with E-state index in [0.29, 0.717) is 17.0 Å². The number of hydrogen-bond acceptors (Lipinski definition) is 3. The van der Waals surface area contributed by atoms with Gasteiger partial charge in [0.05, 0.1) is 19.2 Å². The summed E-state index contributed by atoms with van der Waals surface area (Å²) in [4.78, 5) is 11.7. The third-order valence-electron chi connectivity index (χ3n) is 3.95. The second-order valence-electron chi connectivity index (χ2n) is 5.58. The molecule has 0 atom stereocenters. The lowest BCUT2D eigenvalue weighted by Crippen LogP contribution is -2.22. The lowest BCUT2D eigenvalue weighted by molar-refractivity contribution is -0.0884. The van der Waals surface area contributed by atoms with Crippen LogP contribution in [0.3, 0.4) is 0 Å². The van der Waals surface area contributed by atoms with Crippen molar-refractivity contribution in [3.05, 3.63) is 60.3 Å². The zero-order chi connectivity index (χ0) is 18.7. The van der Waals surface area contributed by atoms with Crippen LogP contribution in [0.2, 0.25) is 0 Å². The van der Waals surface area contributed by atoms with Crippen LogP contribution in [0.4, 0.5) is 13.2 Å². The van der Waals surface area contributed by atoms with Gasteiger partial charge in [-0.15, -0.1) is 0 Å². The molecule has 0 radical (unpaired) electrons. The quantitative estimate of drug-likeness (QED) is 0.607. The molecule has 3 rings (SSSR count). The molecule has 0 aliphatic heterocycles. The van der Waals surface area contributed by atoms with Gasteiger partial charge in [0.25, 0.3) is 5.78 Å². The highest BCUT2D eigenvalue weighted by Gasteiger charge is 2.40. The largest absolute Gasteiger partial charge is 0.493 e. The molecule has 0 saturated heterocycles. The van der Waals surface area contributed by atoms with Crippen LogP contribution in [0, 0.1) is 0 Å². The van der Waals surface area contributed by atoms with Crippen molar-refractivity contribution in [2.24, 2.45) is 0 Å². The van der Waals surface area contributed by atoms with Crippen LogP contribution in [0.5, 0.6) is 11.5 Å². The molecule has 0 fully saturated rings. The van der Waals surface area contributed by atoms with Gasteiger partial charge in [-0.1, -0.05) is 30.3 Å². The van der Waals surface area contributed by atoms with Gasteiger partial charge in [0.15, 0.2) is 11.5 Å². The normalized spacial score (nSPS) is 11.5. The van der Waals surface area contributed by atoms with Crippen LogP contribution >= 0.6 is 0 Å². The van der Waals surface area contributed by atoms with Gasteiger partial charge >= 0.3 is 6.18 Å². The molecular formula is C19H16F3NO3. The van der Waals surface area contributed by atoms with E-state index < -0.39 is 12.0 Å². The second kappa shape index (κ2) is 7.11. The lowest BCUT2D eigenvalue weighted by atomic mass is 10.1. The summed E-state index contributed by atoms with van der Waals surface area (Å²) in [5, 5.41) is 0.270. The monoisotopic (exact) mass is 363 g/mol. The van der Waals surface area contributed by atoms with Gasteiger partial charge in [-0.25, -0.2) is 0 Å². The van der Waals surface area contributed by atoms with E-state index >= 15 is 0 Å². The molecule has 4 nitrogen and oxygen atoms in total. The summed E-state index contributed by atoms with van der Waals surface area (Å²) in [6, 6.07) is 13.6. The van der Waals surface area contributed by atoms with Gasteiger partial charge in [0.2, 0.25) is 0 Å². The third-order valence-corrected chi connectivity index (χ3v) is 3.95. The van der Waals surface area contributed by atoms with Crippen molar-refractivity contribution in [2.75, 3.05) is 13.7 Å². The molecular weight excluding hydrogens is 347 g/mol. The Kier molecular flexibility index (Phi) is 4.88. The molecule has 0 N–H and O–H groups in total. The maximum absolute atomic E-state index is 12.8. The van der Waals surface area contributed by atoms with Gasteiger partial charge in [-0.2, -0.15) is 13.2 Å². The van der Waals surface area contributed by atoms with Crippen molar-refractivity contribution in [3.63, 3.8) is 0 Å².